The number of nitrogens with zero attached hydrogens (tertiary/aromatic N) is 1. The van der Waals surface area contributed by atoms with Crippen LogP contribution < -0.4 is 15.4 Å². The first kappa shape index (κ1) is 24.3. The summed E-state index contributed by atoms with van der Waals surface area (Å²) in [7, 11) is 1.68. The number of halogens is 1. The van der Waals surface area contributed by atoms with Crippen molar-refractivity contribution in [3.05, 3.63) is 54.0 Å². The van der Waals surface area contributed by atoms with E-state index in [0.717, 1.165) is 67.6 Å². The van der Waals surface area contributed by atoms with E-state index in [2.05, 4.69) is 22.8 Å². The van der Waals surface area contributed by atoms with Gasteiger partial charge in [0, 0.05) is 31.4 Å². The van der Waals surface area contributed by atoms with Crippen molar-refractivity contribution >= 4 is 41.7 Å². The van der Waals surface area contributed by atoms with Crippen molar-refractivity contribution in [1.29, 1.82) is 0 Å². The molecule has 2 fully saturated rings. The van der Waals surface area contributed by atoms with E-state index in [4.69, 9.17) is 18.9 Å². The molecule has 1 aromatic carbocycles. The molecule has 0 amide bonds. The molecule has 0 bridgehead atoms. The Hall–Kier alpha value is -1.39. The van der Waals surface area contributed by atoms with Crippen molar-refractivity contribution in [3.8, 4) is 5.75 Å². The number of furan rings is 1. The molecule has 0 radical (unpaired) electrons. The molecular weight excluding hydrogens is 525 g/mol. The van der Waals surface area contributed by atoms with Crippen LogP contribution in [0, 0.1) is 0 Å². The van der Waals surface area contributed by atoms with E-state index in [0.29, 0.717) is 12.6 Å². The minimum Gasteiger partial charge on any atom is -0.497 e. The molecular formula is C23H32IN3O3S. The highest BCUT2D eigenvalue weighted by molar-refractivity contribution is 14.0. The molecule has 4 rings (SSSR count). The molecule has 0 aliphatic carbocycles. The number of ether oxygens (including phenoxy) is 2. The molecule has 2 unspecified atom stereocenters. The molecule has 3 heterocycles. The van der Waals surface area contributed by atoms with Crippen LogP contribution in [0.1, 0.15) is 30.6 Å². The quantitative estimate of drug-likeness (QED) is 0.302. The Balaban J connectivity index is 0.00000272. The molecule has 2 aliphatic rings. The molecule has 31 heavy (non-hydrogen) atoms. The van der Waals surface area contributed by atoms with E-state index in [9.17, 15) is 0 Å². The van der Waals surface area contributed by atoms with Crippen molar-refractivity contribution in [2.45, 2.75) is 43.9 Å². The Bertz CT molecular complexity index is 808. The largest absolute Gasteiger partial charge is 0.497 e. The van der Waals surface area contributed by atoms with E-state index < -0.39 is 0 Å². The summed E-state index contributed by atoms with van der Waals surface area (Å²) in [6.45, 7) is 2.20. The molecule has 8 heteroatoms. The predicted molar refractivity (Wildman–Crippen MR) is 137 cm³/mol. The standard InChI is InChI=1S/C23H31N3O3S.HI/c1-27-20-6-4-18(5-7-20)16-25-22(24-11-8-21-3-2-12-28-21)26-19-9-13-29-23(15-19)10-14-30-17-23;/h2-7,12,19H,8-11,13-17H2,1H3,(H2,24,25,26);1H. The van der Waals surface area contributed by atoms with Gasteiger partial charge in [0.25, 0.3) is 0 Å². The lowest BCUT2D eigenvalue weighted by Gasteiger charge is -2.38. The van der Waals surface area contributed by atoms with Gasteiger partial charge < -0.3 is 24.5 Å². The minimum absolute atomic E-state index is 0. The monoisotopic (exact) mass is 557 g/mol. The average Bonchev–Trinajstić information content (AvgIpc) is 3.45. The Morgan fingerprint density at radius 3 is 2.87 bits per heavy atom. The third-order valence-corrected chi connectivity index (χ3v) is 6.95. The van der Waals surface area contributed by atoms with Gasteiger partial charge in [-0.15, -0.1) is 24.0 Å². The first-order valence-corrected chi connectivity index (χ1v) is 11.8. The molecule has 2 N–H and O–H groups in total. The summed E-state index contributed by atoms with van der Waals surface area (Å²) in [4.78, 5) is 4.85. The lowest BCUT2D eigenvalue weighted by Crippen LogP contribution is -2.51. The Labute approximate surface area is 206 Å². The number of methoxy groups -OCH3 is 1. The first-order chi connectivity index (χ1) is 14.7. The van der Waals surface area contributed by atoms with Crippen LogP contribution in [0.25, 0.3) is 0 Å². The van der Waals surface area contributed by atoms with Gasteiger partial charge in [0.05, 0.1) is 25.5 Å². The highest BCUT2D eigenvalue weighted by Crippen LogP contribution is 2.38. The third kappa shape index (κ3) is 7.05. The van der Waals surface area contributed by atoms with E-state index in [1.54, 1.807) is 13.4 Å². The van der Waals surface area contributed by atoms with E-state index in [1.807, 2.05) is 36.0 Å². The van der Waals surface area contributed by atoms with Crippen molar-refractivity contribution in [2.75, 3.05) is 31.8 Å². The summed E-state index contributed by atoms with van der Waals surface area (Å²) in [6.07, 6.45) is 5.74. The first-order valence-electron chi connectivity index (χ1n) is 10.7. The van der Waals surface area contributed by atoms with E-state index in [1.165, 1.54) is 5.75 Å². The van der Waals surface area contributed by atoms with Crippen molar-refractivity contribution < 1.29 is 13.9 Å². The Morgan fingerprint density at radius 2 is 2.16 bits per heavy atom. The average molecular weight is 557 g/mol. The second kappa shape index (κ2) is 12.0. The molecule has 0 saturated carbocycles. The van der Waals surface area contributed by atoms with Gasteiger partial charge in [-0.3, -0.25) is 0 Å². The van der Waals surface area contributed by atoms with Crippen molar-refractivity contribution in [2.24, 2.45) is 4.99 Å². The number of rotatable bonds is 7. The fourth-order valence-electron chi connectivity index (χ4n) is 4.02. The van der Waals surface area contributed by atoms with Gasteiger partial charge in [-0.25, -0.2) is 4.99 Å². The molecule has 170 valence electrons. The molecule has 2 aromatic rings. The summed E-state index contributed by atoms with van der Waals surface area (Å²) in [5.41, 5.74) is 1.20. The number of hydrogen-bond acceptors (Lipinski definition) is 5. The minimum atomic E-state index is 0. The van der Waals surface area contributed by atoms with Crippen LogP contribution in [0.2, 0.25) is 0 Å². The third-order valence-electron chi connectivity index (χ3n) is 5.72. The van der Waals surface area contributed by atoms with Crippen LogP contribution in [0.3, 0.4) is 0 Å². The van der Waals surface area contributed by atoms with Gasteiger partial charge in [-0.1, -0.05) is 12.1 Å². The summed E-state index contributed by atoms with van der Waals surface area (Å²) in [6, 6.07) is 12.4. The number of benzene rings is 1. The summed E-state index contributed by atoms with van der Waals surface area (Å²) < 4.78 is 16.9. The fourth-order valence-corrected chi connectivity index (χ4v) is 5.40. The van der Waals surface area contributed by atoms with Gasteiger partial charge in [-0.2, -0.15) is 11.8 Å². The van der Waals surface area contributed by atoms with Crippen LogP contribution in [0.4, 0.5) is 0 Å². The highest BCUT2D eigenvalue weighted by Gasteiger charge is 2.40. The molecule has 1 spiro atoms. The maximum absolute atomic E-state index is 6.17. The molecule has 2 aliphatic heterocycles. The lowest BCUT2D eigenvalue weighted by atomic mass is 9.90. The smallest absolute Gasteiger partial charge is 0.191 e. The summed E-state index contributed by atoms with van der Waals surface area (Å²) in [5, 5.41) is 7.16. The van der Waals surface area contributed by atoms with E-state index in [-0.39, 0.29) is 29.6 Å². The Kier molecular flexibility index (Phi) is 9.40. The van der Waals surface area contributed by atoms with Crippen LogP contribution in [0.5, 0.6) is 5.75 Å². The Morgan fingerprint density at radius 1 is 1.29 bits per heavy atom. The topological polar surface area (TPSA) is 68.0 Å². The molecule has 6 nitrogen and oxygen atoms in total. The summed E-state index contributed by atoms with van der Waals surface area (Å²) >= 11 is 2.00. The van der Waals surface area contributed by atoms with Crippen molar-refractivity contribution in [1.82, 2.24) is 10.6 Å². The number of guanidine groups is 1. The SMILES string of the molecule is COc1ccc(CN=C(NCCc2ccco2)NC2CCOC3(CCSC3)C2)cc1.I. The second-order valence-corrected chi connectivity index (χ2v) is 9.04. The molecule has 2 saturated heterocycles. The lowest BCUT2D eigenvalue weighted by molar-refractivity contribution is -0.0679. The zero-order valence-electron chi connectivity index (χ0n) is 18.0. The van der Waals surface area contributed by atoms with Gasteiger partial charge in [-0.05, 0) is 54.8 Å². The zero-order valence-corrected chi connectivity index (χ0v) is 21.1. The van der Waals surface area contributed by atoms with Crippen molar-refractivity contribution in [3.63, 3.8) is 0 Å². The van der Waals surface area contributed by atoms with Crippen LogP contribution in [0.15, 0.2) is 52.1 Å². The van der Waals surface area contributed by atoms with Crippen LogP contribution in [-0.4, -0.2) is 49.4 Å². The maximum atomic E-state index is 6.17. The van der Waals surface area contributed by atoms with Gasteiger partial charge >= 0.3 is 0 Å². The second-order valence-electron chi connectivity index (χ2n) is 7.94. The number of thioether (sulfide) groups is 1. The van der Waals surface area contributed by atoms with Gasteiger partial charge in [0.1, 0.15) is 11.5 Å². The highest BCUT2D eigenvalue weighted by atomic mass is 127. The zero-order chi connectivity index (χ0) is 20.7. The number of nitrogens with one attached hydrogen (secondary N) is 2. The number of hydrogen-bond donors (Lipinski definition) is 2. The van der Waals surface area contributed by atoms with Crippen LogP contribution in [-0.2, 0) is 17.7 Å². The maximum Gasteiger partial charge on any atom is 0.191 e. The summed E-state index contributed by atoms with van der Waals surface area (Å²) in [5.74, 6) is 5.00. The molecule has 1 aromatic heterocycles. The van der Waals surface area contributed by atoms with Gasteiger partial charge in [0.15, 0.2) is 5.96 Å². The predicted octanol–water partition coefficient (Wildman–Crippen LogP) is 4.24. The van der Waals surface area contributed by atoms with E-state index >= 15 is 0 Å². The van der Waals surface area contributed by atoms with Crippen LogP contribution >= 0.6 is 35.7 Å². The van der Waals surface area contributed by atoms with Gasteiger partial charge in [0.2, 0.25) is 0 Å². The fraction of sp³-hybridized carbons (Fsp3) is 0.522. The number of aliphatic imine (C=N–C) groups is 1. The molecule has 2 atom stereocenters. The normalized spacial score (nSPS) is 23.4.